The molecule has 2 aromatic carbocycles. The lowest BCUT2D eigenvalue weighted by Crippen LogP contribution is -2.08. The highest BCUT2D eigenvalue weighted by Crippen LogP contribution is 2.28. The predicted octanol–water partition coefficient (Wildman–Crippen LogP) is 3.90. The van der Waals surface area contributed by atoms with E-state index in [0.29, 0.717) is 19.0 Å². The maximum Gasteiger partial charge on any atom is 0.235 e. The zero-order valence-corrected chi connectivity index (χ0v) is 16.8. The number of hydrogen-bond donors (Lipinski definition) is 0. The van der Waals surface area contributed by atoms with E-state index in [2.05, 4.69) is 32.3 Å². The fourth-order valence-corrected chi connectivity index (χ4v) is 3.53. The average Bonchev–Trinajstić information content (AvgIpc) is 3.28. The number of nitrogens with zero attached hydrogens (tertiary/aromatic N) is 5. The summed E-state index contributed by atoms with van der Waals surface area (Å²) in [6, 6.07) is 15.8. The van der Waals surface area contributed by atoms with Crippen LogP contribution in [0.1, 0.15) is 11.9 Å². The second-order valence-electron chi connectivity index (χ2n) is 6.32. The van der Waals surface area contributed by atoms with E-state index in [1.807, 2.05) is 57.4 Å². The number of aromatic nitrogens is 4. The Bertz CT molecular complexity index is 1070. The van der Waals surface area contributed by atoms with Crippen molar-refractivity contribution in [3.8, 4) is 22.9 Å². The molecule has 2 heterocycles. The van der Waals surface area contributed by atoms with Crippen LogP contribution in [0.25, 0.3) is 16.3 Å². The summed E-state index contributed by atoms with van der Waals surface area (Å²) in [4.78, 5) is 2.80. The van der Waals surface area contributed by atoms with Crippen LogP contribution in [-0.2, 0) is 6.61 Å². The van der Waals surface area contributed by atoms with Gasteiger partial charge in [-0.1, -0.05) is 23.5 Å². The van der Waals surface area contributed by atoms with Gasteiger partial charge in [0.1, 0.15) is 6.61 Å². The van der Waals surface area contributed by atoms with Crippen LogP contribution in [0.4, 0.5) is 5.69 Å². The summed E-state index contributed by atoms with van der Waals surface area (Å²) in [5.41, 5.74) is 2.10. The maximum absolute atomic E-state index is 5.92. The van der Waals surface area contributed by atoms with E-state index in [1.54, 1.807) is 4.52 Å². The number of benzene rings is 2. The van der Waals surface area contributed by atoms with E-state index in [-0.39, 0.29) is 0 Å². The quantitative estimate of drug-likeness (QED) is 0.473. The smallest absolute Gasteiger partial charge is 0.235 e. The summed E-state index contributed by atoms with van der Waals surface area (Å²) in [6.07, 6.45) is 0. The van der Waals surface area contributed by atoms with Gasteiger partial charge in [0.25, 0.3) is 0 Å². The Morgan fingerprint density at radius 2 is 1.68 bits per heavy atom. The van der Waals surface area contributed by atoms with Gasteiger partial charge in [0.2, 0.25) is 4.96 Å². The van der Waals surface area contributed by atoms with Crippen LogP contribution in [-0.4, -0.2) is 40.5 Å². The second kappa shape index (κ2) is 7.85. The number of fused-ring (bicyclic) bond motifs is 1. The van der Waals surface area contributed by atoms with Gasteiger partial charge in [-0.2, -0.15) is 9.61 Å². The van der Waals surface area contributed by atoms with Crippen LogP contribution < -0.4 is 14.4 Å². The molecule has 0 saturated heterocycles. The first-order valence-electron chi connectivity index (χ1n) is 8.99. The molecule has 8 heteroatoms. The van der Waals surface area contributed by atoms with Crippen LogP contribution in [0.5, 0.6) is 11.5 Å². The van der Waals surface area contributed by atoms with Crippen molar-refractivity contribution < 1.29 is 9.47 Å². The molecule has 2 aromatic heterocycles. The third-order valence-electron chi connectivity index (χ3n) is 4.17. The molecule has 0 spiro atoms. The summed E-state index contributed by atoms with van der Waals surface area (Å²) in [7, 11) is 4.03. The minimum Gasteiger partial charge on any atom is -0.490 e. The number of hydrogen-bond acceptors (Lipinski definition) is 7. The third kappa shape index (κ3) is 3.63. The van der Waals surface area contributed by atoms with E-state index in [9.17, 15) is 0 Å². The molecule has 0 aliphatic rings. The monoisotopic (exact) mass is 395 g/mol. The second-order valence-corrected chi connectivity index (χ2v) is 7.36. The average molecular weight is 395 g/mol. The summed E-state index contributed by atoms with van der Waals surface area (Å²) in [5, 5.41) is 14.0. The molecule has 0 atom stereocenters. The van der Waals surface area contributed by atoms with E-state index in [4.69, 9.17) is 9.47 Å². The molecule has 0 bridgehead atoms. The normalized spacial score (nSPS) is 11.0. The van der Waals surface area contributed by atoms with Crippen molar-refractivity contribution >= 4 is 22.0 Å². The van der Waals surface area contributed by atoms with Crippen molar-refractivity contribution in [1.82, 2.24) is 19.8 Å². The van der Waals surface area contributed by atoms with Gasteiger partial charge in [0, 0.05) is 25.3 Å². The SMILES string of the molecule is CCOc1ccccc1OCc1nn2c(-c3ccc(N(C)C)cc3)nnc2s1. The van der Waals surface area contributed by atoms with Crippen LogP contribution in [0.2, 0.25) is 0 Å². The number of ether oxygens (including phenoxy) is 2. The van der Waals surface area contributed by atoms with Crippen LogP contribution in [0.3, 0.4) is 0 Å². The lowest BCUT2D eigenvalue weighted by Gasteiger charge is -2.12. The van der Waals surface area contributed by atoms with E-state index < -0.39 is 0 Å². The Labute approximate surface area is 167 Å². The molecule has 0 fully saturated rings. The number of anilines is 1. The summed E-state index contributed by atoms with van der Waals surface area (Å²) in [5.74, 6) is 2.15. The molecule has 144 valence electrons. The lowest BCUT2D eigenvalue weighted by atomic mass is 10.2. The van der Waals surface area contributed by atoms with E-state index >= 15 is 0 Å². The molecule has 0 radical (unpaired) electrons. The highest BCUT2D eigenvalue weighted by atomic mass is 32.1. The largest absolute Gasteiger partial charge is 0.490 e. The standard InChI is InChI=1S/C20H21N5O2S/c1-4-26-16-7-5-6-8-17(16)27-13-18-23-25-19(21-22-20(25)28-18)14-9-11-15(12-10-14)24(2)3/h5-12H,4,13H2,1-3H3. The Hall–Kier alpha value is -3.13. The van der Waals surface area contributed by atoms with Gasteiger partial charge in [0.15, 0.2) is 22.3 Å². The molecule has 7 nitrogen and oxygen atoms in total. The fourth-order valence-electron chi connectivity index (χ4n) is 2.79. The molecule has 0 saturated carbocycles. The summed E-state index contributed by atoms with van der Waals surface area (Å²) in [6.45, 7) is 2.89. The molecule has 0 unspecified atom stereocenters. The number of rotatable bonds is 7. The van der Waals surface area contributed by atoms with Crippen LogP contribution in [0.15, 0.2) is 48.5 Å². The van der Waals surface area contributed by atoms with Crippen molar-refractivity contribution in [2.75, 3.05) is 25.6 Å². The Morgan fingerprint density at radius 3 is 2.36 bits per heavy atom. The van der Waals surface area contributed by atoms with Crippen LogP contribution >= 0.6 is 11.3 Å². The van der Waals surface area contributed by atoms with Crippen molar-refractivity contribution in [2.24, 2.45) is 0 Å². The van der Waals surface area contributed by atoms with Crippen LogP contribution in [0, 0.1) is 0 Å². The Morgan fingerprint density at radius 1 is 0.964 bits per heavy atom. The molecule has 28 heavy (non-hydrogen) atoms. The topological polar surface area (TPSA) is 64.8 Å². The molecule has 0 aliphatic heterocycles. The fraction of sp³-hybridized carbons (Fsp3) is 0.250. The Kier molecular flexibility index (Phi) is 5.12. The zero-order chi connectivity index (χ0) is 19.5. The van der Waals surface area contributed by atoms with Gasteiger partial charge in [-0.05, 0) is 43.3 Å². The first-order valence-corrected chi connectivity index (χ1v) is 9.81. The van der Waals surface area contributed by atoms with Gasteiger partial charge >= 0.3 is 0 Å². The van der Waals surface area contributed by atoms with Crippen molar-refractivity contribution in [3.63, 3.8) is 0 Å². The van der Waals surface area contributed by atoms with Crippen molar-refractivity contribution in [3.05, 3.63) is 53.5 Å². The molecular weight excluding hydrogens is 374 g/mol. The third-order valence-corrected chi connectivity index (χ3v) is 5.05. The highest BCUT2D eigenvalue weighted by Gasteiger charge is 2.14. The molecule has 0 aliphatic carbocycles. The van der Waals surface area contributed by atoms with E-state index in [0.717, 1.165) is 32.8 Å². The van der Waals surface area contributed by atoms with Gasteiger partial charge in [-0.15, -0.1) is 10.2 Å². The molecule has 4 aromatic rings. The molecule has 4 rings (SSSR count). The highest BCUT2D eigenvalue weighted by molar-refractivity contribution is 7.16. The predicted molar refractivity (Wildman–Crippen MR) is 110 cm³/mol. The van der Waals surface area contributed by atoms with Gasteiger partial charge in [-0.25, -0.2) is 0 Å². The zero-order valence-electron chi connectivity index (χ0n) is 16.0. The van der Waals surface area contributed by atoms with Gasteiger partial charge in [-0.3, -0.25) is 0 Å². The molecular formula is C20H21N5O2S. The molecule has 0 N–H and O–H groups in total. The lowest BCUT2D eigenvalue weighted by molar-refractivity contribution is 0.268. The maximum atomic E-state index is 5.92. The van der Waals surface area contributed by atoms with Crippen molar-refractivity contribution in [2.45, 2.75) is 13.5 Å². The molecule has 0 amide bonds. The first kappa shape index (κ1) is 18.2. The summed E-state index contributed by atoms with van der Waals surface area (Å²) < 4.78 is 13.3. The summed E-state index contributed by atoms with van der Waals surface area (Å²) >= 11 is 1.46. The van der Waals surface area contributed by atoms with Gasteiger partial charge in [0.05, 0.1) is 6.61 Å². The van der Waals surface area contributed by atoms with E-state index in [1.165, 1.54) is 11.3 Å². The minimum atomic E-state index is 0.344. The van der Waals surface area contributed by atoms with Gasteiger partial charge < -0.3 is 14.4 Å². The minimum absolute atomic E-state index is 0.344. The Balaban J connectivity index is 1.55. The first-order chi connectivity index (χ1) is 13.7. The van der Waals surface area contributed by atoms with Crippen molar-refractivity contribution in [1.29, 1.82) is 0 Å². The number of para-hydroxylation sites is 2.